The van der Waals surface area contributed by atoms with Crippen molar-refractivity contribution in [3.63, 3.8) is 0 Å². The van der Waals surface area contributed by atoms with Crippen molar-refractivity contribution in [2.75, 3.05) is 13.2 Å². The zero-order valence-electron chi connectivity index (χ0n) is 20.9. The molecule has 0 aromatic heterocycles. The van der Waals surface area contributed by atoms with E-state index in [1.807, 2.05) is 20.8 Å². The summed E-state index contributed by atoms with van der Waals surface area (Å²) in [4.78, 5) is 40.6. The summed E-state index contributed by atoms with van der Waals surface area (Å²) in [5, 5.41) is 24.9. The molecule has 0 radical (unpaired) electrons. The summed E-state index contributed by atoms with van der Waals surface area (Å²) < 4.78 is 5.30. The SMILES string of the molecule is CC(C)C(NC(=O)OC(C)(C)C)C(=O)N(CCO)C(C(=O)NC(C)(C)C)c1ccc(O)cc1. The van der Waals surface area contributed by atoms with Gasteiger partial charge in [0.05, 0.1) is 6.61 Å². The van der Waals surface area contributed by atoms with Crippen LogP contribution in [0.2, 0.25) is 0 Å². The van der Waals surface area contributed by atoms with Crippen molar-refractivity contribution >= 4 is 17.9 Å². The molecule has 0 fully saturated rings. The summed E-state index contributed by atoms with van der Waals surface area (Å²) in [6.07, 6.45) is -0.751. The zero-order chi connectivity index (χ0) is 25.6. The number of aliphatic hydroxyl groups excluding tert-OH is 1. The third-order valence-corrected chi connectivity index (χ3v) is 4.50. The fraction of sp³-hybridized carbons (Fsp3) is 0.625. The maximum absolute atomic E-state index is 13.6. The summed E-state index contributed by atoms with van der Waals surface area (Å²) in [7, 11) is 0. The van der Waals surface area contributed by atoms with Gasteiger partial charge in [0.15, 0.2) is 0 Å². The highest BCUT2D eigenvalue weighted by Gasteiger charge is 2.38. The van der Waals surface area contributed by atoms with Gasteiger partial charge in [-0.15, -0.1) is 0 Å². The van der Waals surface area contributed by atoms with Crippen LogP contribution in [0.25, 0.3) is 0 Å². The number of ether oxygens (including phenoxy) is 1. The van der Waals surface area contributed by atoms with Crippen LogP contribution >= 0.6 is 0 Å². The van der Waals surface area contributed by atoms with Crippen LogP contribution in [0.5, 0.6) is 5.75 Å². The average Bonchev–Trinajstić information content (AvgIpc) is 2.63. The van der Waals surface area contributed by atoms with E-state index in [0.717, 1.165) is 0 Å². The third-order valence-electron chi connectivity index (χ3n) is 4.50. The van der Waals surface area contributed by atoms with Gasteiger partial charge in [0, 0.05) is 12.1 Å². The number of nitrogens with one attached hydrogen (secondary N) is 2. The van der Waals surface area contributed by atoms with Crippen molar-refractivity contribution < 1.29 is 29.3 Å². The van der Waals surface area contributed by atoms with Gasteiger partial charge in [-0.25, -0.2) is 4.79 Å². The second kappa shape index (κ2) is 11.4. The highest BCUT2D eigenvalue weighted by Crippen LogP contribution is 2.26. The molecule has 0 spiro atoms. The summed E-state index contributed by atoms with van der Waals surface area (Å²) in [5.74, 6) is -1.29. The molecular weight excluding hydrogens is 426 g/mol. The lowest BCUT2D eigenvalue weighted by Gasteiger charge is -2.36. The van der Waals surface area contributed by atoms with E-state index in [2.05, 4.69) is 10.6 Å². The van der Waals surface area contributed by atoms with E-state index in [9.17, 15) is 24.6 Å². The van der Waals surface area contributed by atoms with E-state index in [4.69, 9.17) is 4.74 Å². The van der Waals surface area contributed by atoms with Crippen molar-refractivity contribution in [3.05, 3.63) is 29.8 Å². The molecule has 3 amide bonds. The molecule has 186 valence electrons. The lowest BCUT2D eigenvalue weighted by atomic mass is 9.98. The number of hydrogen-bond acceptors (Lipinski definition) is 6. The van der Waals surface area contributed by atoms with Gasteiger partial charge in [0.1, 0.15) is 23.4 Å². The number of carbonyl (C=O) groups excluding carboxylic acids is 3. The predicted octanol–water partition coefficient (Wildman–Crippen LogP) is 2.72. The normalized spacial score (nSPS) is 13.8. The van der Waals surface area contributed by atoms with Gasteiger partial charge < -0.3 is 30.5 Å². The van der Waals surface area contributed by atoms with E-state index < -0.39 is 41.1 Å². The molecule has 0 aliphatic rings. The predicted molar refractivity (Wildman–Crippen MR) is 126 cm³/mol. The van der Waals surface area contributed by atoms with Crippen molar-refractivity contribution in [2.45, 2.75) is 78.6 Å². The van der Waals surface area contributed by atoms with Crippen LogP contribution in [0, 0.1) is 5.92 Å². The number of amides is 3. The number of phenolic OH excluding ortho intramolecular Hbond substituents is 1. The van der Waals surface area contributed by atoms with Crippen molar-refractivity contribution in [3.8, 4) is 5.75 Å². The van der Waals surface area contributed by atoms with Crippen molar-refractivity contribution in [1.82, 2.24) is 15.5 Å². The molecule has 9 nitrogen and oxygen atoms in total. The minimum atomic E-state index is -1.09. The number of alkyl carbamates (subject to hydrolysis) is 1. The molecule has 2 unspecified atom stereocenters. The molecule has 1 rings (SSSR count). The first-order valence-electron chi connectivity index (χ1n) is 11.1. The van der Waals surface area contributed by atoms with Crippen LogP contribution in [0.15, 0.2) is 24.3 Å². The maximum Gasteiger partial charge on any atom is 0.408 e. The maximum atomic E-state index is 13.6. The van der Waals surface area contributed by atoms with Gasteiger partial charge in [-0.1, -0.05) is 26.0 Å². The smallest absolute Gasteiger partial charge is 0.408 e. The highest BCUT2D eigenvalue weighted by atomic mass is 16.6. The summed E-state index contributed by atoms with van der Waals surface area (Å²) in [6.45, 7) is 13.6. The monoisotopic (exact) mass is 465 g/mol. The lowest BCUT2D eigenvalue weighted by molar-refractivity contribution is -0.144. The lowest BCUT2D eigenvalue weighted by Crippen LogP contribution is -2.56. The number of hydrogen-bond donors (Lipinski definition) is 4. The van der Waals surface area contributed by atoms with Gasteiger partial charge in [-0.2, -0.15) is 0 Å². The van der Waals surface area contributed by atoms with Crippen LogP contribution in [0.4, 0.5) is 4.79 Å². The number of aromatic hydroxyl groups is 1. The number of benzene rings is 1. The first-order chi connectivity index (χ1) is 15.1. The highest BCUT2D eigenvalue weighted by molar-refractivity contribution is 5.92. The average molecular weight is 466 g/mol. The number of rotatable bonds is 8. The Morgan fingerprint density at radius 2 is 1.58 bits per heavy atom. The van der Waals surface area contributed by atoms with Crippen LogP contribution in [0.1, 0.15) is 67.0 Å². The summed E-state index contributed by atoms with van der Waals surface area (Å²) in [6, 6.07) is 3.86. The van der Waals surface area contributed by atoms with E-state index in [1.165, 1.54) is 17.0 Å². The Labute approximate surface area is 196 Å². The quantitative estimate of drug-likeness (QED) is 0.467. The van der Waals surface area contributed by atoms with E-state index in [0.29, 0.717) is 5.56 Å². The Morgan fingerprint density at radius 3 is 2.00 bits per heavy atom. The largest absolute Gasteiger partial charge is 0.508 e. The second-order valence-corrected chi connectivity index (χ2v) is 10.4. The standard InChI is InChI=1S/C24H39N3O6/c1-15(2)18(25-22(32)33-24(6,7)8)21(31)27(13-14-28)19(20(30)26-23(3,4)5)16-9-11-17(29)12-10-16/h9-12,15,18-19,28-29H,13-14H2,1-8H3,(H,25,32)(H,26,30). The molecule has 0 saturated heterocycles. The molecule has 0 aliphatic heterocycles. The van der Waals surface area contributed by atoms with Gasteiger partial charge in [0.2, 0.25) is 11.8 Å². The molecule has 33 heavy (non-hydrogen) atoms. The number of aliphatic hydroxyl groups is 1. The Morgan fingerprint density at radius 1 is 1.03 bits per heavy atom. The molecule has 0 heterocycles. The molecule has 1 aromatic carbocycles. The van der Waals surface area contributed by atoms with Gasteiger partial charge in [-0.05, 0) is 65.2 Å². The molecule has 0 saturated carbocycles. The Hall–Kier alpha value is -2.81. The zero-order valence-corrected chi connectivity index (χ0v) is 20.9. The Kier molecular flexibility index (Phi) is 9.71. The van der Waals surface area contributed by atoms with Crippen molar-refractivity contribution in [1.29, 1.82) is 0 Å². The summed E-state index contributed by atoms with van der Waals surface area (Å²) >= 11 is 0. The molecule has 1 aromatic rings. The van der Waals surface area contributed by atoms with Gasteiger partial charge in [-0.3, -0.25) is 9.59 Å². The minimum Gasteiger partial charge on any atom is -0.508 e. The van der Waals surface area contributed by atoms with Crippen LogP contribution in [0.3, 0.4) is 0 Å². The topological polar surface area (TPSA) is 128 Å². The minimum absolute atomic E-state index is 0.0143. The van der Waals surface area contributed by atoms with E-state index in [1.54, 1.807) is 46.8 Å². The van der Waals surface area contributed by atoms with E-state index >= 15 is 0 Å². The van der Waals surface area contributed by atoms with Crippen molar-refractivity contribution in [2.24, 2.45) is 5.92 Å². The van der Waals surface area contributed by atoms with Gasteiger partial charge in [0.25, 0.3) is 0 Å². The van der Waals surface area contributed by atoms with E-state index in [-0.39, 0.29) is 24.8 Å². The molecule has 9 heteroatoms. The number of nitrogens with zero attached hydrogens (tertiary/aromatic N) is 1. The Balaban J connectivity index is 3.41. The van der Waals surface area contributed by atoms with Crippen LogP contribution in [-0.4, -0.2) is 63.4 Å². The molecule has 4 N–H and O–H groups in total. The first-order valence-corrected chi connectivity index (χ1v) is 11.1. The molecular formula is C24H39N3O6. The van der Waals surface area contributed by atoms with Crippen LogP contribution < -0.4 is 10.6 Å². The second-order valence-electron chi connectivity index (χ2n) is 10.4. The summed E-state index contributed by atoms with van der Waals surface area (Å²) in [5.41, 5.74) is -0.872. The number of carbonyl (C=O) groups is 3. The van der Waals surface area contributed by atoms with Crippen LogP contribution in [-0.2, 0) is 14.3 Å². The molecule has 0 aliphatic carbocycles. The number of phenols is 1. The molecule has 2 atom stereocenters. The van der Waals surface area contributed by atoms with Gasteiger partial charge >= 0.3 is 6.09 Å². The fourth-order valence-corrected chi connectivity index (χ4v) is 3.17. The third kappa shape index (κ3) is 9.29. The fourth-order valence-electron chi connectivity index (χ4n) is 3.17. The first kappa shape index (κ1) is 28.2. The molecule has 0 bridgehead atoms. The Bertz CT molecular complexity index is 809.